The van der Waals surface area contributed by atoms with Gasteiger partial charge < -0.3 is 10.1 Å². The summed E-state index contributed by atoms with van der Waals surface area (Å²) in [5.41, 5.74) is 3.04. The van der Waals surface area contributed by atoms with E-state index < -0.39 is 0 Å². The van der Waals surface area contributed by atoms with Gasteiger partial charge in [0.05, 0.1) is 0 Å². The van der Waals surface area contributed by atoms with Crippen molar-refractivity contribution in [3.63, 3.8) is 0 Å². The van der Waals surface area contributed by atoms with Crippen LogP contribution in [0.25, 0.3) is 0 Å². The lowest BCUT2D eigenvalue weighted by atomic mass is 9.72. The maximum Gasteiger partial charge on any atom is 0.120 e. The third-order valence-electron chi connectivity index (χ3n) is 4.99. The molecular weight excluding hydrogens is 258 g/mol. The topological polar surface area (TPSA) is 21.3 Å². The van der Waals surface area contributed by atoms with E-state index in [0.29, 0.717) is 17.4 Å². The number of aryl methyl sites for hydroxylation is 1. The number of hydrogen-bond donors (Lipinski definition) is 1. The van der Waals surface area contributed by atoms with Crippen molar-refractivity contribution in [3.8, 4) is 5.75 Å². The molecule has 118 valence electrons. The maximum atomic E-state index is 6.35. The molecule has 1 N–H and O–H groups in total. The summed E-state index contributed by atoms with van der Waals surface area (Å²) in [5, 5.41) is 3.48. The third-order valence-corrected chi connectivity index (χ3v) is 4.99. The van der Waals surface area contributed by atoms with E-state index in [2.05, 4.69) is 65.2 Å². The number of nitrogens with one attached hydrogen (secondary N) is 1. The molecule has 21 heavy (non-hydrogen) atoms. The van der Waals surface area contributed by atoms with Crippen LogP contribution < -0.4 is 10.1 Å². The van der Waals surface area contributed by atoms with Crippen molar-refractivity contribution in [3.05, 3.63) is 29.3 Å². The van der Waals surface area contributed by atoms with Gasteiger partial charge in [-0.05, 0) is 67.8 Å². The smallest absolute Gasteiger partial charge is 0.120 e. The molecule has 1 aromatic carbocycles. The quantitative estimate of drug-likeness (QED) is 0.870. The van der Waals surface area contributed by atoms with Crippen molar-refractivity contribution in [1.29, 1.82) is 0 Å². The van der Waals surface area contributed by atoms with Gasteiger partial charge in [-0.1, -0.05) is 33.8 Å². The van der Waals surface area contributed by atoms with Crippen LogP contribution in [0.15, 0.2) is 18.2 Å². The first kappa shape index (κ1) is 16.4. The monoisotopic (exact) mass is 289 g/mol. The van der Waals surface area contributed by atoms with Crippen LogP contribution in [0.3, 0.4) is 0 Å². The summed E-state index contributed by atoms with van der Waals surface area (Å²) in [6, 6.07) is 6.97. The van der Waals surface area contributed by atoms with Gasteiger partial charge in [0.2, 0.25) is 0 Å². The Balaban J connectivity index is 2.15. The zero-order chi connectivity index (χ0) is 15.6. The standard InChI is InChI=1S/C19H31NO/c1-13(2)16-10-9-15(12-14(16)3)21-17-8-7-11-19(4,5)18(17)20-6/h9-10,12-13,17-18,20H,7-8,11H2,1-6H3. The highest BCUT2D eigenvalue weighted by Crippen LogP contribution is 2.37. The lowest BCUT2D eigenvalue weighted by Gasteiger charge is -2.43. The van der Waals surface area contributed by atoms with Gasteiger partial charge in [0.15, 0.2) is 0 Å². The van der Waals surface area contributed by atoms with E-state index in [-0.39, 0.29) is 6.10 Å². The Morgan fingerprint density at radius 1 is 1.29 bits per heavy atom. The van der Waals surface area contributed by atoms with Crippen LogP contribution in [0.2, 0.25) is 0 Å². The molecule has 2 nitrogen and oxygen atoms in total. The number of benzene rings is 1. The molecule has 1 aliphatic carbocycles. The first-order valence-electron chi connectivity index (χ1n) is 8.29. The van der Waals surface area contributed by atoms with E-state index in [9.17, 15) is 0 Å². The minimum absolute atomic E-state index is 0.267. The summed E-state index contributed by atoms with van der Waals surface area (Å²) in [6.45, 7) is 11.4. The fraction of sp³-hybridized carbons (Fsp3) is 0.684. The van der Waals surface area contributed by atoms with Crippen LogP contribution in [-0.2, 0) is 0 Å². The second kappa shape index (κ2) is 6.39. The molecule has 0 saturated heterocycles. The molecule has 2 heteroatoms. The Bertz CT molecular complexity index is 478. The molecule has 2 rings (SSSR count). The van der Waals surface area contributed by atoms with Crippen LogP contribution in [-0.4, -0.2) is 19.2 Å². The van der Waals surface area contributed by atoms with Crippen molar-refractivity contribution < 1.29 is 4.74 Å². The number of likely N-dealkylation sites (N-methyl/N-ethyl adjacent to an activating group) is 1. The zero-order valence-electron chi connectivity index (χ0n) is 14.5. The van der Waals surface area contributed by atoms with Crippen LogP contribution in [0.4, 0.5) is 0 Å². The summed E-state index contributed by atoms with van der Waals surface area (Å²) in [6.07, 6.45) is 3.92. The number of hydrogen-bond acceptors (Lipinski definition) is 2. The summed E-state index contributed by atoms with van der Waals surface area (Å²) < 4.78 is 6.35. The van der Waals surface area contributed by atoms with E-state index in [4.69, 9.17) is 4.74 Å². The molecule has 0 bridgehead atoms. The minimum Gasteiger partial charge on any atom is -0.489 e. The van der Waals surface area contributed by atoms with Crippen molar-refractivity contribution >= 4 is 0 Å². The molecule has 1 fully saturated rings. The SMILES string of the molecule is CNC1C(Oc2ccc(C(C)C)c(C)c2)CCCC1(C)C. The molecule has 1 aliphatic rings. The van der Waals surface area contributed by atoms with E-state index in [1.54, 1.807) is 0 Å². The van der Waals surface area contributed by atoms with Gasteiger partial charge in [-0.3, -0.25) is 0 Å². The zero-order valence-corrected chi connectivity index (χ0v) is 14.5. The lowest BCUT2D eigenvalue weighted by Crippen LogP contribution is -2.53. The van der Waals surface area contributed by atoms with E-state index in [0.717, 1.165) is 12.2 Å². The summed E-state index contributed by atoms with van der Waals surface area (Å²) >= 11 is 0. The normalized spacial score (nSPS) is 25.1. The lowest BCUT2D eigenvalue weighted by molar-refractivity contribution is 0.0403. The van der Waals surface area contributed by atoms with E-state index in [1.165, 1.54) is 24.0 Å². The second-order valence-corrected chi connectivity index (χ2v) is 7.48. The van der Waals surface area contributed by atoms with Gasteiger partial charge in [-0.25, -0.2) is 0 Å². The van der Waals surface area contributed by atoms with Gasteiger partial charge in [0, 0.05) is 6.04 Å². The highest BCUT2D eigenvalue weighted by atomic mass is 16.5. The Hall–Kier alpha value is -1.02. The predicted octanol–water partition coefficient (Wildman–Crippen LogP) is 4.66. The molecular formula is C19H31NO. The fourth-order valence-electron chi connectivity index (χ4n) is 3.83. The highest BCUT2D eigenvalue weighted by molar-refractivity contribution is 5.36. The van der Waals surface area contributed by atoms with Crippen LogP contribution in [0.5, 0.6) is 5.75 Å². The predicted molar refractivity (Wildman–Crippen MR) is 90.2 cm³/mol. The third kappa shape index (κ3) is 3.60. The highest BCUT2D eigenvalue weighted by Gasteiger charge is 2.39. The summed E-state index contributed by atoms with van der Waals surface area (Å²) in [5.74, 6) is 1.58. The number of ether oxygens (including phenoxy) is 1. The van der Waals surface area contributed by atoms with Gasteiger partial charge >= 0.3 is 0 Å². The molecule has 2 atom stereocenters. The molecule has 0 aromatic heterocycles. The van der Waals surface area contributed by atoms with Crippen molar-refractivity contribution in [2.45, 2.75) is 71.9 Å². The second-order valence-electron chi connectivity index (χ2n) is 7.48. The molecule has 0 spiro atoms. The molecule has 1 saturated carbocycles. The van der Waals surface area contributed by atoms with Crippen LogP contribution in [0, 0.1) is 12.3 Å². The molecule has 0 aliphatic heterocycles. The average Bonchev–Trinajstić information content (AvgIpc) is 2.37. The molecule has 2 unspecified atom stereocenters. The largest absolute Gasteiger partial charge is 0.489 e. The Labute approximate surface area is 130 Å². The fourth-order valence-corrected chi connectivity index (χ4v) is 3.83. The van der Waals surface area contributed by atoms with Gasteiger partial charge in [-0.2, -0.15) is 0 Å². The summed E-state index contributed by atoms with van der Waals surface area (Å²) in [7, 11) is 2.06. The Morgan fingerprint density at radius 3 is 2.57 bits per heavy atom. The van der Waals surface area contributed by atoms with Crippen molar-refractivity contribution in [2.75, 3.05) is 7.05 Å². The average molecular weight is 289 g/mol. The van der Waals surface area contributed by atoms with Crippen LogP contribution >= 0.6 is 0 Å². The van der Waals surface area contributed by atoms with E-state index >= 15 is 0 Å². The number of rotatable bonds is 4. The maximum absolute atomic E-state index is 6.35. The van der Waals surface area contributed by atoms with Crippen molar-refractivity contribution in [1.82, 2.24) is 5.32 Å². The summed E-state index contributed by atoms with van der Waals surface area (Å²) in [4.78, 5) is 0. The first-order valence-corrected chi connectivity index (χ1v) is 8.29. The van der Waals surface area contributed by atoms with Gasteiger partial charge in [0.1, 0.15) is 11.9 Å². The Kier molecular flexibility index (Phi) is 4.98. The van der Waals surface area contributed by atoms with E-state index in [1.807, 2.05) is 0 Å². The molecule has 1 aromatic rings. The molecule has 0 heterocycles. The molecule has 0 amide bonds. The molecule has 0 radical (unpaired) electrons. The minimum atomic E-state index is 0.267. The van der Waals surface area contributed by atoms with Gasteiger partial charge in [-0.15, -0.1) is 0 Å². The van der Waals surface area contributed by atoms with Crippen molar-refractivity contribution in [2.24, 2.45) is 5.41 Å². The first-order chi connectivity index (χ1) is 9.85. The van der Waals surface area contributed by atoms with Crippen LogP contribution in [0.1, 0.15) is 64.0 Å². The Morgan fingerprint density at radius 2 is 2.00 bits per heavy atom. The van der Waals surface area contributed by atoms with Gasteiger partial charge in [0.25, 0.3) is 0 Å².